The lowest BCUT2D eigenvalue weighted by molar-refractivity contribution is 0.537. The first kappa shape index (κ1) is 14.8. The molecule has 5 rings (SSSR count). The van der Waals surface area contributed by atoms with Crippen LogP contribution in [0.3, 0.4) is 0 Å². The summed E-state index contributed by atoms with van der Waals surface area (Å²) in [6, 6.07) is 17.6. The number of hydrogen-bond donors (Lipinski definition) is 2. The zero-order valence-corrected chi connectivity index (χ0v) is 14.9. The molecule has 1 saturated carbocycles. The number of para-hydroxylation sites is 2. The zero-order chi connectivity index (χ0) is 17.0. The van der Waals surface area contributed by atoms with Gasteiger partial charge in [-0.05, 0) is 49.9 Å². The van der Waals surface area contributed by atoms with Crippen LogP contribution in [0.5, 0.6) is 0 Å². The molecule has 1 aliphatic carbocycles. The highest BCUT2D eigenvalue weighted by Crippen LogP contribution is 2.52. The van der Waals surface area contributed by atoms with Crippen molar-refractivity contribution in [3.8, 4) is 0 Å². The summed E-state index contributed by atoms with van der Waals surface area (Å²) in [5, 5.41) is 2.79. The highest BCUT2D eigenvalue weighted by atomic mass is 14.8. The SMILES string of the molecule is Cc1[nH]c2ccccc2c1C1(c2c(C)[nH]c3ccccc23)CCCC1. The molecule has 0 aliphatic heterocycles. The number of aryl methyl sites for hydroxylation is 2. The van der Waals surface area contributed by atoms with Gasteiger partial charge in [-0.3, -0.25) is 0 Å². The van der Waals surface area contributed by atoms with E-state index in [9.17, 15) is 0 Å². The van der Waals surface area contributed by atoms with Crippen LogP contribution in [-0.4, -0.2) is 9.97 Å². The Balaban J connectivity index is 1.88. The van der Waals surface area contributed by atoms with Crippen LogP contribution >= 0.6 is 0 Å². The van der Waals surface area contributed by atoms with Gasteiger partial charge in [-0.1, -0.05) is 49.2 Å². The van der Waals surface area contributed by atoms with Gasteiger partial charge < -0.3 is 9.97 Å². The molecule has 0 unspecified atom stereocenters. The van der Waals surface area contributed by atoms with Gasteiger partial charge in [-0.2, -0.15) is 0 Å². The lowest BCUT2D eigenvalue weighted by Gasteiger charge is -2.31. The maximum atomic E-state index is 3.65. The van der Waals surface area contributed by atoms with Crippen LogP contribution in [0.4, 0.5) is 0 Å². The second-order valence-corrected chi connectivity index (χ2v) is 7.63. The highest BCUT2D eigenvalue weighted by molar-refractivity contribution is 5.91. The second-order valence-electron chi connectivity index (χ2n) is 7.63. The van der Waals surface area contributed by atoms with Crippen LogP contribution in [0.15, 0.2) is 48.5 Å². The summed E-state index contributed by atoms with van der Waals surface area (Å²) in [6.45, 7) is 4.50. The predicted molar refractivity (Wildman–Crippen MR) is 105 cm³/mol. The van der Waals surface area contributed by atoms with Gasteiger partial charge >= 0.3 is 0 Å². The molecule has 4 aromatic rings. The molecule has 0 bridgehead atoms. The number of rotatable bonds is 2. The zero-order valence-electron chi connectivity index (χ0n) is 14.9. The van der Waals surface area contributed by atoms with Crippen molar-refractivity contribution in [3.05, 3.63) is 71.0 Å². The van der Waals surface area contributed by atoms with Crippen LogP contribution in [0.25, 0.3) is 21.8 Å². The lowest BCUT2D eigenvalue weighted by Crippen LogP contribution is -2.25. The fourth-order valence-electron chi connectivity index (χ4n) is 5.39. The van der Waals surface area contributed by atoms with Gasteiger partial charge in [-0.25, -0.2) is 0 Å². The van der Waals surface area contributed by atoms with Crippen LogP contribution < -0.4 is 0 Å². The first-order chi connectivity index (χ1) is 12.2. The average Bonchev–Trinajstić information content (AvgIpc) is 3.28. The van der Waals surface area contributed by atoms with Crippen LogP contribution in [-0.2, 0) is 5.41 Å². The van der Waals surface area contributed by atoms with Crippen molar-refractivity contribution in [3.63, 3.8) is 0 Å². The minimum absolute atomic E-state index is 0.118. The molecule has 0 amide bonds. The van der Waals surface area contributed by atoms with Crippen LogP contribution in [0, 0.1) is 13.8 Å². The third-order valence-corrected chi connectivity index (χ3v) is 6.20. The van der Waals surface area contributed by atoms with Crippen molar-refractivity contribution in [2.24, 2.45) is 0 Å². The maximum Gasteiger partial charge on any atom is 0.0459 e. The van der Waals surface area contributed by atoms with E-state index < -0.39 is 0 Å². The Kier molecular flexibility index (Phi) is 3.12. The molecular formula is C23H24N2. The van der Waals surface area contributed by atoms with Gasteiger partial charge in [0.1, 0.15) is 0 Å². The summed E-state index contributed by atoms with van der Waals surface area (Å²) in [4.78, 5) is 7.30. The molecule has 1 fully saturated rings. The summed E-state index contributed by atoms with van der Waals surface area (Å²) in [6.07, 6.45) is 5.08. The molecule has 2 N–H and O–H groups in total. The number of fused-ring (bicyclic) bond motifs is 2. The Labute approximate surface area is 148 Å². The van der Waals surface area contributed by atoms with Gasteiger partial charge in [0.25, 0.3) is 0 Å². The van der Waals surface area contributed by atoms with Crippen LogP contribution in [0.2, 0.25) is 0 Å². The Hall–Kier alpha value is -2.48. The van der Waals surface area contributed by atoms with E-state index >= 15 is 0 Å². The minimum atomic E-state index is 0.118. The van der Waals surface area contributed by atoms with E-state index in [0.29, 0.717) is 0 Å². The summed E-state index contributed by atoms with van der Waals surface area (Å²) in [5.41, 5.74) is 8.34. The molecular weight excluding hydrogens is 304 g/mol. The van der Waals surface area contributed by atoms with E-state index in [2.05, 4.69) is 72.3 Å². The monoisotopic (exact) mass is 328 g/mol. The molecule has 0 radical (unpaired) electrons. The molecule has 2 heterocycles. The van der Waals surface area contributed by atoms with E-state index in [0.717, 1.165) is 0 Å². The minimum Gasteiger partial charge on any atom is -0.358 e. The molecule has 0 saturated heterocycles. The Bertz CT molecular complexity index is 992. The number of nitrogens with one attached hydrogen (secondary N) is 2. The van der Waals surface area contributed by atoms with Crippen LogP contribution in [0.1, 0.15) is 48.2 Å². The summed E-state index contributed by atoms with van der Waals surface area (Å²) in [7, 11) is 0. The Morgan fingerprint density at radius 2 is 1.12 bits per heavy atom. The molecule has 2 aromatic carbocycles. The van der Waals surface area contributed by atoms with E-state index in [1.54, 1.807) is 0 Å². The molecule has 1 aliphatic rings. The number of aromatic amines is 2. The molecule has 0 atom stereocenters. The first-order valence-corrected chi connectivity index (χ1v) is 9.36. The molecule has 2 heteroatoms. The Morgan fingerprint density at radius 3 is 1.60 bits per heavy atom. The van der Waals surface area contributed by atoms with E-state index in [4.69, 9.17) is 0 Å². The van der Waals surface area contributed by atoms with Gasteiger partial charge in [0.2, 0.25) is 0 Å². The first-order valence-electron chi connectivity index (χ1n) is 9.36. The predicted octanol–water partition coefficient (Wildman–Crippen LogP) is 6.13. The molecule has 2 aromatic heterocycles. The van der Waals surface area contributed by atoms with Gasteiger partial charge in [0, 0.05) is 38.6 Å². The summed E-state index contributed by atoms with van der Waals surface area (Å²) in [5.74, 6) is 0. The molecule has 126 valence electrons. The number of benzene rings is 2. The maximum absolute atomic E-state index is 3.65. The number of aromatic nitrogens is 2. The summed E-state index contributed by atoms with van der Waals surface area (Å²) >= 11 is 0. The normalized spacial score (nSPS) is 16.9. The van der Waals surface area contributed by atoms with Crippen molar-refractivity contribution in [2.75, 3.05) is 0 Å². The fraction of sp³-hybridized carbons (Fsp3) is 0.304. The third-order valence-electron chi connectivity index (χ3n) is 6.20. The average molecular weight is 328 g/mol. The van der Waals surface area contributed by atoms with Gasteiger partial charge in [0.15, 0.2) is 0 Å². The Morgan fingerprint density at radius 1 is 0.680 bits per heavy atom. The molecule has 0 spiro atoms. The van der Waals surface area contributed by atoms with Gasteiger partial charge in [-0.15, -0.1) is 0 Å². The smallest absolute Gasteiger partial charge is 0.0459 e. The largest absolute Gasteiger partial charge is 0.358 e. The van der Waals surface area contributed by atoms with Crippen molar-refractivity contribution < 1.29 is 0 Å². The van der Waals surface area contributed by atoms with E-state index in [1.165, 1.54) is 70.0 Å². The van der Waals surface area contributed by atoms with Crippen molar-refractivity contribution in [2.45, 2.75) is 44.9 Å². The molecule has 2 nitrogen and oxygen atoms in total. The fourth-order valence-corrected chi connectivity index (χ4v) is 5.39. The lowest BCUT2D eigenvalue weighted by atomic mass is 9.71. The third kappa shape index (κ3) is 1.97. The van der Waals surface area contributed by atoms with E-state index in [-0.39, 0.29) is 5.41 Å². The summed E-state index contributed by atoms with van der Waals surface area (Å²) < 4.78 is 0. The number of hydrogen-bond acceptors (Lipinski definition) is 0. The van der Waals surface area contributed by atoms with Crippen molar-refractivity contribution in [1.82, 2.24) is 9.97 Å². The quantitative estimate of drug-likeness (QED) is 0.444. The topological polar surface area (TPSA) is 31.6 Å². The van der Waals surface area contributed by atoms with Gasteiger partial charge in [0.05, 0.1) is 0 Å². The second kappa shape index (κ2) is 5.26. The highest BCUT2D eigenvalue weighted by Gasteiger charge is 2.42. The number of H-pyrrole nitrogens is 2. The van der Waals surface area contributed by atoms with Crippen molar-refractivity contribution >= 4 is 21.8 Å². The van der Waals surface area contributed by atoms with E-state index in [1.807, 2.05) is 0 Å². The standard InChI is InChI=1S/C23H24N2/c1-15-21(17-9-3-5-11-19(17)24-15)23(13-7-8-14-23)22-16(2)25-20-12-6-4-10-18(20)22/h3-6,9-12,24-25H,7-8,13-14H2,1-2H3. The molecule has 25 heavy (non-hydrogen) atoms. The van der Waals surface area contributed by atoms with Crippen molar-refractivity contribution in [1.29, 1.82) is 0 Å².